The van der Waals surface area contributed by atoms with Crippen LogP contribution < -0.4 is 0 Å². The number of aliphatic carboxylic acids is 1. The molecule has 0 aliphatic rings. The van der Waals surface area contributed by atoms with E-state index in [1.54, 1.807) is 0 Å². The highest BCUT2D eigenvalue weighted by Gasteiger charge is 2.14. The first-order valence-corrected chi connectivity index (χ1v) is 6.62. The molecule has 5 heteroatoms. The lowest BCUT2D eigenvalue weighted by Crippen LogP contribution is -2.07. The van der Waals surface area contributed by atoms with E-state index in [0.717, 1.165) is 5.56 Å². The van der Waals surface area contributed by atoms with Crippen molar-refractivity contribution in [3.63, 3.8) is 0 Å². The Morgan fingerprint density at radius 1 is 1.30 bits per heavy atom. The van der Waals surface area contributed by atoms with Gasteiger partial charge in [-0.2, -0.15) is 0 Å². The molecule has 1 unspecified atom stereocenters. The van der Waals surface area contributed by atoms with E-state index in [0.29, 0.717) is 24.6 Å². The van der Waals surface area contributed by atoms with Gasteiger partial charge in [-0.25, -0.2) is 0 Å². The lowest BCUT2D eigenvalue weighted by atomic mass is 10.0. The van der Waals surface area contributed by atoms with Crippen LogP contribution >= 0.6 is 0 Å². The summed E-state index contributed by atoms with van der Waals surface area (Å²) in [5, 5.41) is 16.7. The lowest BCUT2D eigenvalue weighted by molar-refractivity contribution is -0.137. The van der Waals surface area contributed by atoms with E-state index in [1.807, 2.05) is 38.1 Å². The monoisotopic (exact) mass is 274 g/mol. The van der Waals surface area contributed by atoms with Crippen LogP contribution in [0.3, 0.4) is 0 Å². The molecule has 2 rings (SSSR count). The van der Waals surface area contributed by atoms with Gasteiger partial charge >= 0.3 is 5.97 Å². The van der Waals surface area contributed by atoms with Crippen molar-refractivity contribution < 1.29 is 14.3 Å². The lowest BCUT2D eigenvalue weighted by Gasteiger charge is -2.04. The third kappa shape index (κ3) is 3.91. The van der Waals surface area contributed by atoms with Crippen LogP contribution in [0.1, 0.15) is 36.3 Å². The third-order valence-electron chi connectivity index (χ3n) is 3.16. The molecule has 1 aromatic heterocycles. The molecule has 0 saturated heterocycles. The molecule has 1 atom stereocenters. The summed E-state index contributed by atoms with van der Waals surface area (Å²) in [6.07, 6.45) is 1.20. The van der Waals surface area contributed by atoms with Gasteiger partial charge in [-0.1, -0.05) is 31.2 Å². The highest BCUT2D eigenvalue weighted by Crippen LogP contribution is 2.15. The Kier molecular flexibility index (Phi) is 4.50. The Hall–Kier alpha value is -2.17. The molecule has 0 aliphatic heterocycles. The number of aryl methyl sites for hydroxylation is 1. The summed E-state index contributed by atoms with van der Waals surface area (Å²) in [5.41, 5.74) is 2.34. The van der Waals surface area contributed by atoms with Crippen LogP contribution in [0.4, 0.5) is 0 Å². The average molecular weight is 274 g/mol. The van der Waals surface area contributed by atoms with Crippen LogP contribution in [0.25, 0.3) is 0 Å². The van der Waals surface area contributed by atoms with E-state index in [-0.39, 0.29) is 12.3 Å². The number of carboxylic acids is 1. The van der Waals surface area contributed by atoms with Crippen molar-refractivity contribution in [1.29, 1.82) is 0 Å². The molecule has 1 heterocycles. The fraction of sp³-hybridized carbons (Fsp3) is 0.400. The smallest absolute Gasteiger partial charge is 0.303 e. The summed E-state index contributed by atoms with van der Waals surface area (Å²) in [6, 6.07) is 8.05. The molecule has 1 N–H and O–H groups in total. The first-order chi connectivity index (χ1) is 9.54. The fourth-order valence-electron chi connectivity index (χ4n) is 2.08. The molecule has 0 amide bonds. The third-order valence-corrected chi connectivity index (χ3v) is 3.16. The SMILES string of the molecule is Cc1ccccc1Cc1nnc(CC(C)CC(=O)O)o1. The topological polar surface area (TPSA) is 76.2 Å². The summed E-state index contributed by atoms with van der Waals surface area (Å²) in [5.74, 6) is 0.246. The molecule has 2 aromatic rings. The molecule has 0 bridgehead atoms. The van der Waals surface area contributed by atoms with Crippen LogP contribution in [0, 0.1) is 12.8 Å². The van der Waals surface area contributed by atoms with Crippen molar-refractivity contribution in [2.75, 3.05) is 0 Å². The number of hydrogen-bond acceptors (Lipinski definition) is 4. The highest BCUT2D eigenvalue weighted by atomic mass is 16.4. The van der Waals surface area contributed by atoms with Gasteiger partial charge in [0.05, 0.1) is 6.42 Å². The molecular formula is C15H18N2O3. The van der Waals surface area contributed by atoms with Gasteiger partial charge in [-0.15, -0.1) is 10.2 Å². The number of rotatable bonds is 6. The van der Waals surface area contributed by atoms with Gasteiger partial charge in [0.15, 0.2) is 0 Å². The number of benzene rings is 1. The zero-order valence-electron chi connectivity index (χ0n) is 11.7. The first-order valence-electron chi connectivity index (χ1n) is 6.62. The Morgan fingerprint density at radius 2 is 2.00 bits per heavy atom. The summed E-state index contributed by atoms with van der Waals surface area (Å²) in [6.45, 7) is 3.90. The Bertz CT molecular complexity index is 592. The molecule has 0 radical (unpaired) electrons. The van der Waals surface area contributed by atoms with Crippen LogP contribution in [0.2, 0.25) is 0 Å². The van der Waals surface area contributed by atoms with Crippen LogP contribution in [0.15, 0.2) is 28.7 Å². The minimum Gasteiger partial charge on any atom is -0.481 e. The molecule has 0 aliphatic carbocycles. The van der Waals surface area contributed by atoms with Crippen LogP contribution in [-0.4, -0.2) is 21.3 Å². The second kappa shape index (κ2) is 6.32. The standard InChI is InChI=1S/C15H18N2O3/c1-10(8-15(18)19)7-13-16-17-14(20-13)9-12-6-4-3-5-11(12)2/h3-6,10H,7-9H2,1-2H3,(H,18,19). The molecule has 106 valence electrons. The molecular weight excluding hydrogens is 256 g/mol. The van der Waals surface area contributed by atoms with E-state index < -0.39 is 5.97 Å². The Labute approximate surface area is 117 Å². The van der Waals surface area contributed by atoms with E-state index in [2.05, 4.69) is 10.2 Å². The summed E-state index contributed by atoms with van der Waals surface area (Å²) in [7, 11) is 0. The van der Waals surface area contributed by atoms with Gasteiger partial charge in [-0.3, -0.25) is 4.79 Å². The predicted octanol–water partition coefficient (Wildman–Crippen LogP) is 2.62. The quantitative estimate of drug-likeness (QED) is 0.876. The summed E-state index contributed by atoms with van der Waals surface area (Å²) in [4.78, 5) is 10.6. The largest absolute Gasteiger partial charge is 0.481 e. The van der Waals surface area contributed by atoms with E-state index in [9.17, 15) is 4.79 Å². The van der Waals surface area contributed by atoms with Gasteiger partial charge < -0.3 is 9.52 Å². The highest BCUT2D eigenvalue weighted by molar-refractivity contribution is 5.66. The average Bonchev–Trinajstić information content (AvgIpc) is 2.78. The fourth-order valence-corrected chi connectivity index (χ4v) is 2.08. The molecule has 0 fully saturated rings. The van der Waals surface area contributed by atoms with E-state index >= 15 is 0 Å². The van der Waals surface area contributed by atoms with E-state index in [4.69, 9.17) is 9.52 Å². The maximum Gasteiger partial charge on any atom is 0.303 e. The number of aromatic nitrogens is 2. The molecule has 0 spiro atoms. The van der Waals surface area contributed by atoms with Crippen molar-refractivity contribution in [1.82, 2.24) is 10.2 Å². The van der Waals surface area contributed by atoms with Crippen molar-refractivity contribution in [3.8, 4) is 0 Å². The normalized spacial score (nSPS) is 12.3. The second-order valence-corrected chi connectivity index (χ2v) is 5.10. The predicted molar refractivity (Wildman–Crippen MR) is 73.4 cm³/mol. The second-order valence-electron chi connectivity index (χ2n) is 5.10. The maximum atomic E-state index is 10.6. The Balaban J connectivity index is 1.99. The minimum atomic E-state index is -0.808. The number of nitrogens with zero attached hydrogens (tertiary/aromatic N) is 2. The maximum absolute atomic E-state index is 10.6. The van der Waals surface area contributed by atoms with Crippen molar-refractivity contribution >= 4 is 5.97 Å². The van der Waals surface area contributed by atoms with Gasteiger partial charge in [0.1, 0.15) is 0 Å². The van der Waals surface area contributed by atoms with Gasteiger partial charge in [0.2, 0.25) is 11.8 Å². The molecule has 5 nitrogen and oxygen atoms in total. The van der Waals surface area contributed by atoms with Crippen molar-refractivity contribution in [3.05, 3.63) is 47.2 Å². The number of carboxylic acid groups (broad SMARTS) is 1. The zero-order chi connectivity index (χ0) is 14.5. The minimum absolute atomic E-state index is 0.0146. The molecule has 0 saturated carbocycles. The number of hydrogen-bond donors (Lipinski definition) is 1. The van der Waals surface area contributed by atoms with Crippen molar-refractivity contribution in [2.24, 2.45) is 5.92 Å². The van der Waals surface area contributed by atoms with Crippen LogP contribution in [-0.2, 0) is 17.6 Å². The van der Waals surface area contributed by atoms with Crippen LogP contribution in [0.5, 0.6) is 0 Å². The van der Waals surface area contributed by atoms with Gasteiger partial charge in [-0.05, 0) is 24.0 Å². The Morgan fingerprint density at radius 3 is 2.70 bits per heavy atom. The van der Waals surface area contributed by atoms with E-state index in [1.165, 1.54) is 5.56 Å². The zero-order valence-corrected chi connectivity index (χ0v) is 11.7. The summed E-state index contributed by atoms with van der Waals surface area (Å²) >= 11 is 0. The van der Waals surface area contributed by atoms with Gasteiger partial charge in [0.25, 0.3) is 0 Å². The molecule has 1 aromatic carbocycles. The number of carbonyl (C=O) groups is 1. The molecule has 20 heavy (non-hydrogen) atoms. The summed E-state index contributed by atoms with van der Waals surface area (Å²) < 4.78 is 5.58. The van der Waals surface area contributed by atoms with Crippen molar-refractivity contribution in [2.45, 2.75) is 33.1 Å². The van der Waals surface area contributed by atoms with Gasteiger partial charge in [0, 0.05) is 12.8 Å². The first kappa shape index (κ1) is 14.2.